The van der Waals surface area contributed by atoms with E-state index in [-0.39, 0.29) is 18.2 Å². The van der Waals surface area contributed by atoms with Crippen LogP contribution in [0.4, 0.5) is 10.5 Å². The standard InChI is InChI=1S/C20H15N3O4S/c1-20(17-3-2-8-28-17)14-9-12(4-6-15(14)22-18(24)11-27-20)16-7-5-13(10-21)23(16)19(25)26/h2-9H,11H2,1H3,(H,22,24)(H,25,26). The van der Waals surface area contributed by atoms with Gasteiger partial charge >= 0.3 is 6.09 Å². The SMILES string of the molecule is CC1(c2cccs2)OCC(=O)Nc2ccc(-c3ccc(C#N)n3C(=O)O)cc21. The number of aromatic nitrogens is 1. The predicted molar refractivity (Wildman–Crippen MR) is 103 cm³/mol. The van der Waals surface area contributed by atoms with E-state index in [4.69, 9.17) is 4.74 Å². The summed E-state index contributed by atoms with van der Waals surface area (Å²) in [7, 11) is 0. The molecule has 0 saturated carbocycles. The normalized spacial score (nSPS) is 18.6. The first-order chi connectivity index (χ1) is 13.4. The fourth-order valence-electron chi connectivity index (χ4n) is 3.39. The molecule has 0 radical (unpaired) electrons. The number of nitriles is 1. The number of ether oxygens (including phenoxy) is 1. The zero-order chi connectivity index (χ0) is 19.9. The number of nitrogens with zero attached hydrogens (tertiary/aromatic N) is 2. The maximum absolute atomic E-state index is 12.1. The molecule has 3 heterocycles. The summed E-state index contributed by atoms with van der Waals surface area (Å²) >= 11 is 1.51. The minimum atomic E-state index is -1.24. The van der Waals surface area contributed by atoms with Crippen LogP contribution in [0.1, 0.15) is 23.1 Å². The number of fused-ring (bicyclic) bond motifs is 1. The lowest BCUT2D eigenvalue weighted by atomic mass is 9.90. The van der Waals surface area contributed by atoms with Crippen molar-refractivity contribution < 1.29 is 19.4 Å². The molecule has 28 heavy (non-hydrogen) atoms. The highest BCUT2D eigenvalue weighted by molar-refractivity contribution is 7.10. The van der Waals surface area contributed by atoms with E-state index in [0.717, 1.165) is 15.0 Å². The molecule has 1 amide bonds. The summed E-state index contributed by atoms with van der Waals surface area (Å²) in [6.07, 6.45) is -1.24. The number of nitrogens with one attached hydrogen (secondary N) is 1. The Hall–Kier alpha value is -3.41. The molecule has 1 aromatic carbocycles. The Kier molecular flexibility index (Phi) is 4.26. The second-order valence-corrected chi connectivity index (χ2v) is 7.39. The van der Waals surface area contributed by atoms with Gasteiger partial charge in [-0.2, -0.15) is 5.26 Å². The molecular weight excluding hydrogens is 378 g/mol. The molecule has 1 aliphatic rings. The van der Waals surface area contributed by atoms with Crippen molar-refractivity contribution in [1.82, 2.24) is 4.57 Å². The van der Waals surface area contributed by atoms with Gasteiger partial charge in [0.05, 0.1) is 5.69 Å². The lowest BCUT2D eigenvalue weighted by Crippen LogP contribution is -2.27. The average Bonchev–Trinajstić information content (AvgIpc) is 3.34. The van der Waals surface area contributed by atoms with Crippen LogP contribution in [0.2, 0.25) is 0 Å². The number of hydrogen-bond donors (Lipinski definition) is 2. The van der Waals surface area contributed by atoms with Crippen molar-refractivity contribution in [3.05, 3.63) is 64.0 Å². The van der Waals surface area contributed by atoms with Crippen molar-refractivity contribution in [1.29, 1.82) is 5.26 Å². The monoisotopic (exact) mass is 393 g/mol. The van der Waals surface area contributed by atoms with Gasteiger partial charge in [0, 0.05) is 16.1 Å². The lowest BCUT2D eigenvalue weighted by molar-refractivity contribution is -0.124. The highest BCUT2D eigenvalue weighted by atomic mass is 32.1. The highest BCUT2D eigenvalue weighted by Gasteiger charge is 2.37. The van der Waals surface area contributed by atoms with Crippen LogP contribution in [0.3, 0.4) is 0 Å². The summed E-state index contributed by atoms with van der Waals surface area (Å²) < 4.78 is 6.94. The number of carbonyl (C=O) groups is 2. The first kappa shape index (κ1) is 18.0. The molecular formula is C20H15N3O4S. The Balaban J connectivity index is 1.93. The molecule has 4 rings (SSSR count). The third kappa shape index (κ3) is 2.78. The molecule has 0 bridgehead atoms. The maximum Gasteiger partial charge on any atom is 0.417 e. The van der Waals surface area contributed by atoms with Gasteiger partial charge in [0.15, 0.2) is 0 Å². The Morgan fingerprint density at radius 3 is 2.86 bits per heavy atom. The van der Waals surface area contributed by atoms with E-state index in [0.29, 0.717) is 16.9 Å². The molecule has 0 aliphatic carbocycles. The lowest BCUT2D eigenvalue weighted by Gasteiger charge is -2.29. The number of amides is 1. The number of thiophene rings is 1. The predicted octanol–water partition coefficient (Wildman–Crippen LogP) is 3.85. The van der Waals surface area contributed by atoms with Crippen molar-refractivity contribution >= 4 is 29.0 Å². The summed E-state index contributed by atoms with van der Waals surface area (Å²) in [5.41, 5.74) is 1.45. The van der Waals surface area contributed by atoms with Gasteiger partial charge in [0.1, 0.15) is 24.0 Å². The van der Waals surface area contributed by atoms with E-state index in [9.17, 15) is 20.0 Å². The Morgan fingerprint density at radius 2 is 2.18 bits per heavy atom. The van der Waals surface area contributed by atoms with Gasteiger partial charge in [-0.15, -0.1) is 11.3 Å². The highest BCUT2D eigenvalue weighted by Crippen LogP contribution is 2.43. The van der Waals surface area contributed by atoms with Crippen molar-refractivity contribution in [2.24, 2.45) is 0 Å². The summed E-state index contributed by atoms with van der Waals surface area (Å²) in [5, 5.41) is 23.5. The fourth-order valence-corrected chi connectivity index (χ4v) is 4.25. The van der Waals surface area contributed by atoms with Gasteiger partial charge < -0.3 is 15.2 Å². The maximum atomic E-state index is 12.1. The van der Waals surface area contributed by atoms with E-state index in [1.54, 1.807) is 24.3 Å². The molecule has 0 spiro atoms. The van der Waals surface area contributed by atoms with Crippen molar-refractivity contribution in [3.63, 3.8) is 0 Å². The first-order valence-electron chi connectivity index (χ1n) is 8.42. The number of benzene rings is 1. The van der Waals surface area contributed by atoms with Crippen LogP contribution in [-0.2, 0) is 15.1 Å². The average molecular weight is 393 g/mol. The molecule has 0 saturated heterocycles. The van der Waals surface area contributed by atoms with Crippen LogP contribution in [0.5, 0.6) is 0 Å². The Bertz CT molecular complexity index is 1130. The van der Waals surface area contributed by atoms with E-state index in [1.807, 2.05) is 30.5 Å². The molecule has 2 aromatic heterocycles. The summed E-state index contributed by atoms with van der Waals surface area (Å²) in [6.45, 7) is 1.79. The largest absolute Gasteiger partial charge is 0.464 e. The smallest absolute Gasteiger partial charge is 0.417 e. The van der Waals surface area contributed by atoms with E-state index < -0.39 is 11.7 Å². The minimum absolute atomic E-state index is 0.0306. The number of anilines is 1. The van der Waals surface area contributed by atoms with E-state index >= 15 is 0 Å². The first-order valence-corrected chi connectivity index (χ1v) is 9.30. The molecule has 3 aromatic rings. The Morgan fingerprint density at radius 1 is 1.36 bits per heavy atom. The second kappa shape index (κ2) is 6.64. The number of carbonyl (C=O) groups excluding carboxylic acids is 1. The molecule has 7 nitrogen and oxygen atoms in total. The van der Waals surface area contributed by atoms with Crippen molar-refractivity contribution in [2.45, 2.75) is 12.5 Å². The molecule has 140 valence electrons. The number of rotatable bonds is 2. The van der Waals surface area contributed by atoms with E-state index in [1.165, 1.54) is 17.4 Å². The molecule has 2 N–H and O–H groups in total. The van der Waals surface area contributed by atoms with Gasteiger partial charge in [-0.25, -0.2) is 9.36 Å². The van der Waals surface area contributed by atoms with Crippen LogP contribution >= 0.6 is 11.3 Å². The van der Waals surface area contributed by atoms with Crippen LogP contribution in [0.25, 0.3) is 11.3 Å². The molecule has 0 fully saturated rings. The molecule has 8 heteroatoms. The van der Waals surface area contributed by atoms with Gasteiger partial charge in [-0.05, 0) is 48.2 Å². The second-order valence-electron chi connectivity index (χ2n) is 6.44. The molecule has 1 atom stereocenters. The van der Waals surface area contributed by atoms with Crippen LogP contribution in [-0.4, -0.2) is 28.3 Å². The van der Waals surface area contributed by atoms with Gasteiger partial charge in [0.25, 0.3) is 0 Å². The summed E-state index contributed by atoms with van der Waals surface area (Å²) in [6, 6.07) is 14.0. The van der Waals surface area contributed by atoms with E-state index in [2.05, 4.69) is 5.32 Å². The zero-order valence-electron chi connectivity index (χ0n) is 14.8. The zero-order valence-corrected chi connectivity index (χ0v) is 15.6. The van der Waals surface area contributed by atoms with Crippen LogP contribution in [0, 0.1) is 11.3 Å². The third-order valence-corrected chi connectivity index (χ3v) is 5.85. The van der Waals surface area contributed by atoms with Crippen LogP contribution < -0.4 is 5.32 Å². The minimum Gasteiger partial charge on any atom is -0.464 e. The summed E-state index contributed by atoms with van der Waals surface area (Å²) in [5.74, 6) is -0.255. The number of hydrogen-bond acceptors (Lipinski definition) is 5. The topological polar surface area (TPSA) is 104 Å². The molecule has 1 aliphatic heterocycles. The van der Waals surface area contributed by atoms with Gasteiger partial charge in [-0.1, -0.05) is 12.1 Å². The third-order valence-electron chi connectivity index (χ3n) is 4.77. The molecule has 1 unspecified atom stereocenters. The van der Waals surface area contributed by atoms with Gasteiger partial charge in [0.2, 0.25) is 5.91 Å². The quantitative estimate of drug-likeness (QED) is 0.688. The van der Waals surface area contributed by atoms with Crippen LogP contribution in [0.15, 0.2) is 47.8 Å². The Labute approximate surface area is 164 Å². The van der Waals surface area contributed by atoms with Gasteiger partial charge in [-0.3, -0.25) is 4.79 Å². The van der Waals surface area contributed by atoms with Crippen molar-refractivity contribution in [3.8, 4) is 17.3 Å². The van der Waals surface area contributed by atoms with Crippen molar-refractivity contribution in [2.75, 3.05) is 11.9 Å². The fraction of sp³-hybridized carbons (Fsp3) is 0.150. The number of carboxylic acid groups (broad SMARTS) is 1. The summed E-state index contributed by atoms with van der Waals surface area (Å²) in [4.78, 5) is 24.7.